The molecule has 0 amide bonds. The fraction of sp³-hybridized carbons (Fsp3) is 0.304. The first kappa shape index (κ1) is 18.7. The molecule has 0 bridgehead atoms. The van der Waals surface area contributed by atoms with Crippen LogP contribution in [0.1, 0.15) is 47.2 Å². The minimum Gasteiger partial charge on any atom is -0.351 e. The Morgan fingerprint density at radius 3 is 2.54 bits per heavy atom. The van der Waals surface area contributed by atoms with Crippen molar-refractivity contribution in [3.63, 3.8) is 0 Å². The number of thiocarbonyl (C=S) groups is 1. The first-order chi connectivity index (χ1) is 13.5. The van der Waals surface area contributed by atoms with E-state index in [0.717, 1.165) is 23.0 Å². The third-order valence-electron chi connectivity index (χ3n) is 5.63. The van der Waals surface area contributed by atoms with Gasteiger partial charge >= 0.3 is 0 Å². The van der Waals surface area contributed by atoms with Crippen LogP contribution in [-0.4, -0.2) is 14.7 Å². The summed E-state index contributed by atoms with van der Waals surface area (Å²) < 4.78 is 2.36. The summed E-state index contributed by atoms with van der Waals surface area (Å²) >= 11 is 5.81. The van der Waals surface area contributed by atoms with Gasteiger partial charge in [0.15, 0.2) is 5.11 Å². The number of nitrogens with one attached hydrogen (secondary N) is 1. The van der Waals surface area contributed by atoms with Crippen LogP contribution in [0.25, 0.3) is 0 Å². The maximum absolute atomic E-state index is 5.81. The van der Waals surface area contributed by atoms with Crippen molar-refractivity contribution >= 4 is 23.0 Å². The van der Waals surface area contributed by atoms with Gasteiger partial charge in [-0.2, -0.15) is 0 Å². The van der Waals surface area contributed by atoms with E-state index in [0.29, 0.717) is 0 Å². The van der Waals surface area contributed by atoms with Crippen LogP contribution in [0, 0.1) is 20.8 Å². The fourth-order valence-electron chi connectivity index (χ4n) is 4.34. The molecule has 144 valence electrons. The number of rotatable bonds is 4. The van der Waals surface area contributed by atoms with Crippen molar-refractivity contribution in [2.24, 2.45) is 0 Å². The SMILES string of the molecule is CCn1c(C)cc([C@@H]2[C@H](c3ccccn3)NC(=S)N2c2cccc(C)c2)c1C. The summed E-state index contributed by atoms with van der Waals surface area (Å²) in [7, 11) is 0. The predicted molar refractivity (Wildman–Crippen MR) is 119 cm³/mol. The molecule has 1 N–H and O–H groups in total. The monoisotopic (exact) mass is 390 g/mol. The average Bonchev–Trinajstić information content (AvgIpc) is 3.18. The van der Waals surface area contributed by atoms with Gasteiger partial charge in [-0.3, -0.25) is 4.98 Å². The molecule has 1 aromatic carbocycles. The second-order valence-electron chi connectivity index (χ2n) is 7.41. The molecular weight excluding hydrogens is 364 g/mol. The molecule has 0 radical (unpaired) electrons. The Morgan fingerprint density at radius 1 is 1.07 bits per heavy atom. The molecule has 1 aliphatic heterocycles. The molecule has 1 saturated heterocycles. The summed E-state index contributed by atoms with van der Waals surface area (Å²) in [5, 5.41) is 4.29. The number of benzene rings is 1. The molecule has 1 aliphatic rings. The summed E-state index contributed by atoms with van der Waals surface area (Å²) in [4.78, 5) is 6.89. The van der Waals surface area contributed by atoms with Gasteiger partial charge in [0.1, 0.15) is 0 Å². The van der Waals surface area contributed by atoms with Crippen LogP contribution in [0.5, 0.6) is 0 Å². The van der Waals surface area contributed by atoms with E-state index in [1.54, 1.807) is 0 Å². The molecule has 28 heavy (non-hydrogen) atoms. The summed E-state index contributed by atoms with van der Waals surface area (Å²) in [6, 6.07) is 17.0. The van der Waals surface area contributed by atoms with Crippen LogP contribution in [0.2, 0.25) is 0 Å². The molecule has 5 heteroatoms. The number of aryl methyl sites for hydroxylation is 2. The minimum atomic E-state index is 0.0000170. The minimum absolute atomic E-state index is 0.0000170. The highest BCUT2D eigenvalue weighted by atomic mass is 32.1. The molecule has 1 fully saturated rings. The third kappa shape index (κ3) is 3.10. The number of nitrogens with zero attached hydrogens (tertiary/aromatic N) is 3. The van der Waals surface area contributed by atoms with Crippen LogP contribution in [0.15, 0.2) is 54.7 Å². The van der Waals surface area contributed by atoms with Crippen molar-refractivity contribution in [2.45, 2.75) is 46.3 Å². The zero-order valence-electron chi connectivity index (χ0n) is 16.8. The van der Waals surface area contributed by atoms with Gasteiger partial charge in [-0.05, 0) is 81.4 Å². The van der Waals surface area contributed by atoms with Gasteiger partial charge in [-0.25, -0.2) is 0 Å². The highest BCUT2D eigenvalue weighted by Gasteiger charge is 2.42. The van der Waals surface area contributed by atoms with Gasteiger partial charge in [0.25, 0.3) is 0 Å². The molecule has 2 atom stereocenters. The molecule has 0 spiro atoms. The summed E-state index contributed by atoms with van der Waals surface area (Å²) in [6.45, 7) is 9.64. The lowest BCUT2D eigenvalue weighted by molar-refractivity contribution is 0.563. The van der Waals surface area contributed by atoms with Gasteiger partial charge in [0, 0.05) is 29.8 Å². The number of hydrogen-bond acceptors (Lipinski definition) is 2. The molecule has 0 unspecified atom stereocenters. The van der Waals surface area contributed by atoms with E-state index in [1.807, 2.05) is 18.3 Å². The lowest BCUT2D eigenvalue weighted by Gasteiger charge is -2.28. The van der Waals surface area contributed by atoms with Crippen LogP contribution < -0.4 is 10.2 Å². The van der Waals surface area contributed by atoms with Crippen molar-refractivity contribution in [3.8, 4) is 0 Å². The normalized spacial score (nSPS) is 19.1. The van der Waals surface area contributed by atoms with Crippen LogP contribution >= 0.6 is 12.2 Å². The van der Waals surface area contributed by atoms with E-state index < -0.39 is 0 Å². The lowest BCUT2D eigenvalue weighted by atomic mass is 9.96. The Kier molecular flexibility index (Phi) is 4.94. The number of pyridine rings is 1. The summed E-state index contributed by atoms with van der Waals surface area (Å²) in [5.41, 5.74) is 7.20. The zero-order chi connectivity index (χ0) is 19.8. The third-order valence-corrected chi connectivity index (χ3v) is 5.94. The van der Waals surface area contributed by atoms with Gasteiger partial charge in [0.2, 0.25) is 0 Å². The highest BCUT2D eigenvalue weighted by molar-refractivity contribution is 7.80. The molecule has 4 nitrogen and oxygen atoms in total. The smallest absolute Gasteiger partial charge is 0.174 e. The Morgan fingerprint density at radius 2 is 1.89 bits per heavy atom. The summed E-state index contributed by atoms with van der Waals surface area (Å²) in [6.07, 6.45) is 1.85. The second kappa shape index (κ2) is 7.40. The van der Waals surface area contributed by atoms with E-state index in [4.69, 9.17) is 12.2 Å². The van der Waals surface area contributed by atoms with Crippen LogP contribution in [-0.2, 0) is 6.54 Å². The Hall–Kier alpha value is -2.66. The average molecular weight is 391 g/mol. The van der Waals surface area contributed by atoms with E-state index in [2.05, 4.69) is 83.9 Å². The largest absolute Gasteiger partial charge is 0.351 e. The standard InChI is InChI=1S/C23H26N4S/c1-5-26-16(3)14-19(17(26)4)22-21(20-11-6-7-12-24-20)25-23(28)27(22)18-10-8-9-15(2)13-18/h6-14,21-22H,5H2,1-4H3,(H,25,28)/t21-,22+/m0/s1. The molecule has 0 saturated carbocycles. The molecule has 0 aliphatic carbocycles. The zero-order valence-corrected chi connectivity index (χ0v) is 17.6. The van der Waals surface area contributed by atoms with Crippen LogP contribution in [0.4, 0.5) is 5.69 Å². The first-order valence-corrected chi connectivity index (χ1v) is 10.2. The van der Waals surface area contributed by atoms with Gasteiger partial charge in [0.05, 0.1) is 17.8 Å². The van der Waals surface area contributed by atoms with Crippen molar-refractivity contribution in [3.05, 3.63) is 82.9 Å². The number of aromatic nitrogens is 2. The Balaban J connectivity index is 1.89. The van der Waals surface area contributed by atoms with E-state index in [-0.39, 0.29) is 12.1 Å². The van der Waals surface area contributed by atoms with Crippen molar-refractivity contribution < 1.29 is 0 Å². The molecule has 4 rings (SSSR count). The topological polar surface area (TPSA) is 33.1 Å². The maximum atomic E-state index is 5.81. The van der Waals surface area contributed by atoms with E-state index in [1.165, 1.54) is 22.5 Å². The predicted octanol–water partition coefficient (Wildman–Crippen LogP) is 5.01. The number of anilines is 1. The van der Waals surface area contributed by atoms with E-state index >= 15 is 0 Å². The van der Waals surface area contributed by atoms with Gasteiger partial charge in [-0.1, -0.05) is 18.2 Å². The Labute approximate surface area is 172 Å². The second-order valence-corrected chi connectivity index (χ2v) is 7.79. The number of hydrogen-bond donors (Lipinski definition) is 1. The molecular formula is C23H26N4S. The molecule has 2 aromatic heterocycles. The Bertz CT molecular complexity index is 1010. The van der Waals surface area contributed by atoms with Crippen molar-refractivity contribution in [1.29, 1.82) is 0 Å². The quantitative estimate of drug-likeness (QED) is 0.635. The van der Waals surface area contributed by atoms with Gasteiger partial charge < -0.3 is 14.8 Å². The summed E-state index contributed by atoms with van der Waals surface area (Å²) in [5.74, 6) is 0. The fourth-order valence-corrected chi connectivity index (χ4v) is 4.69. The maximum Gasteiger partial charge on any atom is 0.174 e. The van der Waals surface area contributed by atoms with Crippen LogP contribution in [0.3, 0.4) is 0 Å². The van der Waals surface area contributed by atoms with Gasteiger partial charge in [-0.15, -0.1) is 0 Å². The lowest BCUT2D eigenvalue weighted by Crippen LogP contribution is -2.29. The molecule has 3 aromatic rings. The van der Waals surface area contributed by atoms with Crippen molar-refractivity contribution in [2.75, 3.05) is 4.90 Å². The highest BCUT2D eigenvalue weighted by Crippen LogP contribution is 2.43. The van der Waals surface area contributed by atoms with Crippen molar-refractivity contribution in [1.82, 2.24) is 14.9 Å². The first-order valence-electron chi connectivity index (χ1n) is 9.75. The molecule has 3 heterocycles. The van der Waals surface area contributed by atoms with E-state index in [9.17, 15) is 0 Å².